The largest absolute Gasteiger partial charge is 0.496 e. The van der Waals surface area contributed by atoms with E-state index in [-0.39, 0.29) is 11.9 Å². The van der Waals surface area contributed by atoms with Gasteiger partial charge in [-0.1, -0.05) is 6.07 Å². The summed E-state index contributed by atoms with van der Waals surface area (Å²) in [6, 6.07) is 6.02. The first-order valence-corrected chi connectivity index (χ1v) is 7.34. The molecule has 1 fully saturated rings. The second-order valence-corrected chi connectivity index (χ2v) is 5.45. The number of nitrogens with two attached hydrogens (primary N) is 1. The van der Waals surface area contributed by atoms with Crippen molar-refractivity contribution in [2.75, 3.05) is 27.3 Å². The van der Waals surface area contributed by atoms with Crippen LogP contribution in [-0.4, -0.2) is 38.2 Å². The van der Waals surface area contributed by atoms with Crippen LogP contribution in [0.5, 0.6) is 5.75 Å². The van der Waals surface area contributed by atoms with Gasteiger partial charge in [-0.05, 0) is 37.1 Å². The fourth-order valence-electron chi connectivity index (χ4n) is 2.88. The molecule has 1 heterocycles. The number of methoxy groups -OCH3 is 2. The minimum absolute atomic E-state index is 0.0209. The standard InChI is InChI=1S/C16H24N2O3/c1-20-15-6-5-12(9-17)8-14(15)11-18-7-3-4-13(10-18)16(19)21-2/h5-6,8,13H,3-4,7,9-11,17H2,1-2H3. The third kappa shape index (κ3) is 3.95. The molecule has 2 N–H and O–H groups in total. The van der Waals surface area contributed by atoms with Gasteiger partial charge in [0, 0.05) is 25.2 Å². The van der Waals surface area contributed by atoms with Crippen molar-refractivity contribution < 1.29 is 14.3 Å². The predicted octanol–water partition coefficient (Wildman–Crippen LogP) is 1.54. The molecule has 5 nitrogen and oxygen atoms in total. The molecule has 0 amide bonds. The number of hydrogen-bond donors (Lipinski definition) is 1. The third-order valence-corrected chi connectivity index (χ3v) is 4.01. The van der Waals surface area contributed by atoms with E-state index in [9.17, 15) is 4.79 Å². The Labute approximate surface area is 126 Å². The number of carbonyl (C=O) groups excluding carboxylic acids is 1. The van der Waals surface area contributed by atoms with Crippen LogP contribution in [0.2, 0.25) is 0 Å². The fourth-order valence-corrected chi connectivity index (χ4v) is 2.88. The number of ether oxygens (including phenoxy) is 2. The summed E-state index contributed by atoms with van der Waals surface area (Å²) in [7, 11) is 3.13. The number of benzene rings is 1. The lowest BCUT2D eigenvalue weighted by molar-refractivity contribution is -0.147. The highest BCUT2D eigenvalue weighted by Crippen LogP contribution is 2.25. The SMILES string of the molecule is COC(=O)C1CCCN(Cc2cc(CN)ccc2OC)C1. The number of piperidine rings is 1. The summed E-state index contributed by atoms with van der Waals surface area (Å²) in [6.45, 7) is 3.01. The van der Waals surface area contributed by atoms with Crippen LogP contribution in [-0.2, 0) is 22.6 Å². The molecule has 0 aliphatic carbocycles. The molecule has 1 aliphatic heterocycles. The molecule has 1 aliphatic rings. The van der Waals surface area contributed by atoms with Crippen LogP contribution in [0.1, 0.15) is 24.0 Å². The van der Waals surface area contributed by atoms with Gasteiger partial charge in [0.15, 0.2) is 0 Å². The van der Waals surface area contributed by atoms with Gasteiger partial charge in [0.05, 0.1) is 20.1 Å². The molecule has 5 heteroatoms. The van der Waals surface area contributed by atoms with Crippen LogP contribution < -0.4 is 10.5 Å². The fraction of sp³-hybridized carbons (Fsp3) is 0.562. The molecule has 116 valence electrons. The zero-order valence-electron chi connectivity index (χ0n) is 12.8. The van der Waals surface area contributed by atoms with Gasteiger partial charge in [0.1, 0.15) is 5.75 Å². The molecule has 1 unspecified atom stereocenters. The van der Waals surface area contributed by atoms with Gasteiger partial charge in [0.25, 0.3) is 0 Å². The first-order chi connectivity index (χ1) is 10.2. The molecular formula is C16H24N2O3. The zero-order chi connectivity index (χ0) is 15.2. The summed E-state index contributed by atoms with van der Waals surface area (Å²) in [4.78, 5) is 14.0. The van der Waals surface area contributed by atoms with E-state index in [1.807, 2.05) is 12.1 Å². The van der Waals surface area contributed by atoms with Crippen molar-refractivity contribution in [1.29, 1.82) is 0 Å². The zero-order valence-corrected chi connectivity index (χ0v) is 12.8. The summed E-state index contributed by atoms with van der Waals surface area (Å²) in [5.41, 5.74) is 7.91. The molecule has 0 bridgehead atoms. The topological polar surface area (TPSA) is 64.8 Å². The van der Waals surface area contributed by atoms with E-state index in [2.05, 4.69) is 11.0 Å². The number of carbonyl (C=O) groups is 1. The van der Waals surface area contributed by atoms with Crippen molar-refractivity contribution in [3.63, 3.8) is 0 Å². The van der Waals surface area contributed by atoms with E-state index in [0.29, 0.717) is 6.54 Å². The lowest BCUT2D eigenvalue weighted by atomic mass is 9.97. The second kappa shape index (κ2) is 7.43. The Kier molecular flexibility index (Phi) is 5.59. The van der Waals surface area contributed by atoms with Crippen LogP contribution in [0.3, 0.4) is 0 Å². The number of likely N-dealkylation sites (tertiary alicyclic amines) is 1. The van der Waals surface area contributed by atoms with Crippen LogP contribution >= 0.6 is 0 Å². The Morgan fingerprint density at radius 3 is 2.90 bits per heavy atom. The van der Waals surface area contributed by atoms with E-state index in [1.165, 1.54) is 7.11 Å². The monoisotopic (exact) mass is 292 g/mol. The lowest BCUT2D eigenvalue weighted by Gasteiger charge is -2.31. The first-order valence-electron chi connectivity index (χ1n) is 7.34. The Hall–Kier alpha value is -1.59. The van der Waals surface area contributed by atoms with Crippen LogP contribution in [0.15, 0.2) is 18.2 Å². The molecule has 0 radical (unpaired) electrons. The van der Waals surface area contributed by atoms with Gasteiger partial charge in [-0.25, -0.2) is 0 Å². The molecular weight excluding hydrogens is 268 g/mol. The number of esters is 1. The Bertz CT molecular complexity index is 490. The molecule has 21 heavy (non-hydrogen) atoms. The van der Waals surface area contributed by atoms with Gasteiger partial charge in [0.2, 0.25) is 0 Å². The molecule has 2 rings (SSSR count). The molecule has 0 saturated carbocycles. The highest BCUT2D eigenvalue weighted by Gasteiger charge is 2.26. The Balaban J connectivity index is 2.08. The average Bonchev–Trinajstić information content (AvgIpc) is 2.54. The second-order valence-electron chi connectivity index (χ2n) is 5.45. The average molecular weight is 292 g/mol. The molecule has 1 saturated heterocycles. The van der Waals surface area contributed by atoms with E-state index < -0.39 is 0 Å². The van der Waals surface area contributed by atoms with E-state index in [4.69, 9.17) is 15.2 Å². The molecule has 0 spiro atoms. The molecule has 1 aromatic carbocycles. The lowest BCUT2D eigenvalue weighted by Crippen LogP contribution is -2.38. The minimum Gasteiger partial charge on any atom is -0.496 e. The smallest absolute Gasteiger partial charge is 0.309 e. The number of rotatable bonds is 5. The maximum Gasteiger partial charge on any atom is 0.309 e. The molecule has 0 aromatic heterocycles. The minimum atomic E-state index is -0.109. The van der Waals surface area contributed by atoms with E-state index >= 15 is 0 Å². The van der Waals surface area contributed by atoms with Gasteiger partial charge < -0.3 is 15.2 Å². The highest BCUT2D eigenvalue weighted by molar-refractivity contribution is 5.72. The van der Waals surface area contributed by atoms with Crippen molar-refractivity contribution in [1.82, 2.24) is 4.90 Å². The van der Waals surface area contributed by atoms with Crippen LogP contribution in [0, 0.1) is 5.92 Å². The van der Waals surface area contributed by atoms with Crippen LogP contribution in [0.25, 0.3) is 0 Å². The summed E-state index contributed by atoms with van der Waals surface area (Å²) < 4.78 is 10.3. The van der Waals surface area contributed by atoms with Crippen molar-refractivity contribution in [3.05, 3.63) is 29.3 Å². The maximum atomic E-state index is 11.7. The Morgan fingerprint density at radius 2 is 2.24 bits per heavy atom. The van der Waals surface area contributed by atoms with Crippen molar-refractivity contribution in [2.45, 2.75) is 25.9 Å². The number of hydrogen-bond acceptors (Lipinski definition) is 5. The van der Waals surface area contributed by atoms with Crippen LogP contribution in [0.4, 0.5) is 0 Å². The maximum absolute atomic E-state index is 11.7. The third-order valence-electron chi connectivity index (χ3n) is 4.01. The normalized spacial score (nSPS) is 19.3. The van der Waals surface area contributed by atoms with Crippen molar-refractivity contribution >= 4 is 5.97 Å². The molecule has 1 aromatic rings. The predicted molar refractivity (Wildman–Crippen MR) is 80.9 cm³/mol. The summed E-state index contributed by atoms with van der Waals surface area (Å²) in [6.07, 6.45) is 1.92. The first kappa shape index (κ1) is 15.8. The summed E-state index contributed by atoms with van der Waals surface area (Å²) in [5, 5.41) is 0. The van der Waals surface area contributed by atoms with Crippen molar-refractivity contribution in [3.8, 4) is 5.75 Å². The number of nitrogens with zero attached hydrogens (tertiary/aromatic N) is 1. The quantitative estimate of drug-likeness (QED) is 0.834. The van der Waals surface area contributed by atoms with E-state index in [0.717, 1.165) is 49.4 Å². The Morgan fingerprint density at radius 1 is 1.43 bits per heavy atom. The van der Waals surface area contributed by atoms with Gasteiger partial charge in [-0.15, -0.1) is 0 Å². The van der Waals surface area contributed by atoms with Gasteiger partial charge in [-0.3, -0.25) is 9.69 Å². The van der Waals surface area contributed by atoms with Crippen molar-refractivity contribution in [2.24, 2.45) is 11.7 Å². The van der Waals surface area contributed by atoms with E-state index in [1.54, 1.807) is 7.11 Å². The van der Waals surface area contributed by atoms with Gasteiger partial charge in [-0.2, -0.15) is 0 Å². The highest BCUT2D eigenvalue weighted by atomic mass is 16.5. The molecule has 1 atom stereocenters. The summed E-state index contributed by atoms with van der Waals surface area (Å²) in [5.74, 6) is 0.738. The van der Waals surface area contributed by atoms with Gasteiger partial charge >= 0.3 is 5.97 Å². The summed E-state index contributed by atoms with van der Waals surface area (Å²) >= 11 is 0.